The monoisotopic (exact) mass is 249 g/mol. The van der Waals surface area contributed by atoms with Gasteiger partial charge in [-0.2, -0.15) is 0 Å². The van der Waals surface area contributed by atoms with Crippen molar-refractivity contribution in [3.8, 4) is 0 Å². The van der Waals surface area contributed by atoms with Crippen LogP contribution in [-0.2, 0) is 0 Å². The molecule has 0 aliphatic carbocycles. The molecule has 1 unspecified atom stereocenters. The molecule has 5 heteroatoms. The highest BCUT2D eigenvalue weighted by Gasteiger charge is 2.17. The second kappa shape index (κ2) is 4.68. The lowest BCUT2D eigenvalue weighted by Crippen LogP contribution is -2.10. The molecule has 1 heterocycles. The van der Waals surface area contributed by atoms with Crippen molar-refractivity contribution in [3.05, 3.63) is 41.0 Å². The van der Waals surface area contributed by atoms with E-state index in [1.807, 2.05) is 20.8 Å². The van der Waals surface area contributed by atoms with Crippen LogP contribution in [0.5, 0.6) is 0 Å². The molecule has 2 rings (SSSR count). The molecular weight excluding hydrogens is 233 g/mol. The van der Waals surface area contributed by atoms with E-state index in [0.29, 0.717) is 11.4 Å². The first-order chi connectivity index (χ1) is 8.49. The minimum Gasteiger partial charge on any atom is -0.397 e. The van der Waals surface area contributed by atoms with Gasteiger partial charge in [0.1, 0.15) is 11.6 Å². The third-order valence-electron chi connectivity index (χ3n) is 2.91. The van der Waals surface area contributed by atoms with Gasteiger partial charge in [-0.25, -0.2) is 4.39 Å². The zero-order valence-electron chi connectivity index (χ0n) is 10.6. The summed E-state index contributed by atoms with van der Waals surface area (Å²) < 4.78 is 18.3. The van der Waals surface area contributed by atoms with Crippen LogP contribution in [0.1, 0.15) is 30.0 Å². The van der Waals surface area contributed by atoms with Crippen molar-refractivity contribution < 1.29 is 8.91 Å². The van der Waals surface area contributed by atoms with Gasteiger partial charge < -0.3 is 15.6 Å². The van der Waals surface area contributed by atoms with Crippen LogP contribution in [0.15, 0.2) is 22.7 Å². The van der Waals surface area contributed by atoms with E-state index in [1.54, 1.807) is 0 Å². The Morgan fingerprint density at radius 2 is 2.11 bits per heavy atom. The predicted octanol–water partition coefficient (Wildman–Crippen LogP) is 3.19. The highest BCUT2D eigenvalue weighted by molar-refractivity contribution is 5.66. The van der Waals surface area contributed by atoms with Crippen LogP contribution in [-0.4, -0.2) is 5.16 Å². The molecule has 0 amide bonds. The fourth-order valence-corrected chi connectivity index (χ4v) is 2.07. The summed E-state index contributed by atoms with van der Waals surface area (Å²) in [7, 11) is 0. The average Bonchev–Trinajstić information content (AvgIpc) is 2.63. The standard InChI is InChI=1S/C13H16FN3O/c1-7(13-8(2)17-18-9(13)3)16-12-6-10(14)4-5-11(12)15/h4-7,16H,15H2,1-3H3. The van der Waals surface area contributed by atoms with Gasteiger partial charge in [-0.15, -0.1) is 0 Å². The van der Waals surface area contributed by atoms with Gasteiger partial charge >= 0.3 is 0 Å². The number of hydrogen-bond acceptors (Lipinski definition) is 4. The van der Waals surface area contributed by atoms with Crippen LogP contribution in [0.2, 0.25) is 0 Å². The fraction of sp³-hybridized carbons (Fsp3) is 0.308. The van der Waals surface area contributed by atoms with E-state index in [2.05, 4.69) is 10.5 Å². The topological polar surface area (TPSA) is 64.1 Å². The number of hydrogen-bond donors (Lipinski definition) is 2. The zero-order valence-corrected chi connectivity index (χ0v) is 10.6. The van der Waals surface area contributed by atoms with Crippen LogP contribution in [0.25, 0.3) is 0 Å². The summed E-state index contributed by atoms with van der Waals surface area (Å²) >= 11 is 0. The maximum Gasteiger partial charge on any atom is 0.139 e. The molecule has 96 valence electrons. The van der Waals surface area contributed by atoms with E-state index in [1.165, 1.54) is 18.2 Å². The van der Waals surface area contributed by atoms with Crippen molar-refractivity contribution in [2.75, 3.05) is 11.1 Å². The molecule has 0 saturated carbocycles. The molecule has 0 radical (unpaired) electrons. The van der Waals surface area contributed by atoms with Crippen molar-refractivity contribution in [2.45, 2.75) is 26.8 Å². The largest absolute Gasteiger partial charge is 0.397 e. The van der Waals surface area contributed by atoms with Crippen molar-refractivity contribution in [2.24, 2.45) is 0 Å². The molecule has 0 bridgehead atoms. The van der Waals surface area contributed by atoms with Crippen LogP contribution < -0.4 is 11.1 Å². The fourth-order valence-electron chi connectivity index (χ4n) is 2.07. The van der Waals surface area contributed by atoms with Gasteiger partial charge in [-0.3, -0.25) is 0 Å². The zero-order chi connectivity index (χ0) is 13.3. The Morgan fingerprint density at radius 1 is 1.39 bits per heavy atom. The van der Waals surface area contributed by atoms with E-state index < -0.39 is 0 Å². The van der Waals surface area contributed by atoms with Crippen molar-refractivity contribution in [3.63, 3.8) is 0 Å². The minimum atomic E-state index is -0.322. The highest BCUT2D eigenvalue weighted by Crippen LogP contribution is 2.28. The minimum absolute atomic E-state index is 0.0552. The van der Waals surface area contributed by atoms with Gasteiger partial charge in [-0.05, 0) is 39.0 Å². The summed E-state index contributed by atoms with van der Waals surface area (Å²) in [4.78, 5) is 0. The number of anilines is 2. The lowest BCUT2D eigenvalue weighted by Gasteiger charge is -2.16. The molecule has 1 aromatic carbocycles. The van der Waals surface area contributed by atoms with Gasteiger partial charge in [0.15, 0.2) is 0 Å². The van der Waals surface area contributed by atoms with E-state index in [9.17, 15) is 4.39 Å². The van der Waals surface area contributed by atoms with Gasteiger partial charge in [0, 0.05) is 5.56 Å². The maximum absolute atomic E-state index is 13.2. The third-order valence-corrected chi connectivity index (χ3v) is 2.91. The van der Waals surface area contributed by atoms with E-state index in [0.717, 1.165) is 17.0 Å². The van der Waals surface area contributed by atoms with Crippen LogP contribution >= 0.6 is 0 Å². The lowest BCUT2D eigenvalue weighted by atomic mass is 10.1. The molecule has 4 nitrogen and oxygen atoms in total. The Balaban J connectivity index is 2.26. The summed E-state index contributed by atoms with van der Waals surface area (Å²) in [6.07, 6.45) is 0. The van der Waals surface area contributed by atoms with Crippen molar-refractivity contribution in [1.82, 2.24) is 5.16 Å². The van der Waals surface area contributed by atoms with Gasteiger partial charge in [0.2, 0.25) is 0 Å². The van der Waals surface area contributed by atoms with Crippen LogP contribution in [0, 0.1) is 19.7 Å². The molecule has 0 saturated heterocycles. The number of nitrogens with one attached hydrogen (secondary N) is 1. The normalized spacial score (nSPS) is 12.4. The number of nitrogens with zero attached hydrogens (tertiary/aromatic N) is 1. The summed E-state index contributed by atoms with van der Waals surface area (Å²) in [6.45, 7) is 5.68. The number of rotatable bonds is 3. The third kappa shape index (κ3) is 2.30. The second-order valence-corrected chi connectivity index (χ2v) is 4.34. The molecule has 0 spiro atoms. The van der Waals surface area contributed by atoms with Gasteiger partial charge in [0.25, 0.3) is 0 Å². The maximum atomic E-state index is 13.2. The Hall–Kier alpha value is -2.04. The Kier molecular flexibility index (Phi) is 3.23. The highest BCUT2D eigenvalue weighted by atomic mass is 19.1. The molecule has 0 aliphatic heterocycles. The molecule has 3 N–H and O–H groups in total. The number of halogens is 1. The van der Waals surface area contributed by atoms with Gasteiger partial charge in [-0.1, -0.05) is 5.16 Å². The number of aryl methyl sites for hydroxylation is 2. The number of nitrogen functional groups attached to an aromatic ring is 1. The number of benzene rings is 1. The Labute approximate surface area is 105 Å². The molecule has 1 atom stereocenters. The SMILES string of the molecule is Cc1noc(C)c1C(C)Nc1cc(F)ccc1N. The molecule has 0 fully saturated rings. The molecule has 18 heavy (non-hydrogen) atoms. The first kappa shape index (κ1) is 12.4. The van der Waals surface area contributed by atoms with Crippen molar-refractivity contribution >= 4 is 11.4 Å². The average molecular weight is 249 g/mol. The molecule has 1 aromatic heterocycles. The summed E-state index contributed by atoms with van der Waals surface area (Å²) in [6, 6.07) is 4.20. The van der Waals surface area contributed by atoms with Crippen LogP contribution in [0.3, 0.4) is 0 Å². The lowest BCUT2D eigenvalue weighted by molar-refractivity contribution is 0.392. The van der Waals surface area contributed by atoms with Gasteiger partial charge in [0.05, 0.1) is 23.1 Å². The first-order valence-corrected chi connectivity index (χ1v) is 5.73. The van der Waals surface area contributed by atoms with Crippen LogP contribution in [0.4, 0.5) is 15.8 Å². The second-order valence-electron chi connectivity index (χ2n) is 4.34. The molecule has 2 aromatic rings. The summed E-state index contributed by atoms with van der Waals surface area (Å²) in [5.74, 6) is 0.431. The predicted molar refractivity (Wildman–Crippen MR) is 68.8 cm³/mol. The summed E-state index contributed by atoms with van der Waals surface area (Å²) in [5.41, 5.74) is 8.67. The number of aromatic nitrogens is 1. The smallest absolute Gasteiger partial charge is 0.139 e. The quantitative estimate of drug-likeness (QED) is 0.820. The molecule has 0 aliphatic rings. The molecular formula is C13H16FN3O. The number of nitrogens with two attached hydrogens (primary N) is 1. The Bertz CT molecular complexity index is 546. The van der Waals surface area contributed by atoms with Crippen molar-refractivity contribution in [1.29, 1.82) is 0 Å². The first-order valence-electron chi connectivity index (χ1n) is 5.73. The Morgan fingerprint density at radius 3 is 2.72 bits per heavy atom. The van der Waals surface area contributed by atoms with E-state index in [-0.39, 0.29) is 11.9 Å². The van der Waals surface area contributed by atoms with E-state index >= 15 is 0 Å². The van der Waals surface area contributed by atoms with E-state index in [4.69, 9.17) is 10.3 Å². The summed E-state index contributed by atoms with van der Waals surface area (Å²) in [5, 5.41) is 7.07.